The van der Waals surface area contributed by atoms with Gasteiger partial charge in [0, 0.05) is 13.8 Å². The first kappa shape index (κ1) is 100. The molecule has 10 heterocycles. The quantitative estimate of drug-likeness (QED) is 0.0278. The average molecular weight is 1800 g/mol. The summed E-state index contributed by atoms with van der Waals surface area (Å²) in [4.78, 5) is 44.1. The number of amides is 2. The first-order chi connectivity index (χ1) is 57.1. The van der Waals surface area contributed by atoms with E-state index in [1.54, 1.807) is 0 Å². The Balaban J connectivity index is 1.01. The second-order valence-corrected chi connectivity index (χ2v) is 31.4. The van der Waals surface area contributed by atoms with Crippen molar-refractivity contribution in [3.63, 3.8) is 0 Å². The van der Waals surface area contributed by atoms with Gasteiger partial charge in [-0.25, -0.2) is 4.57 Å². The van der Waals surface area contributed by atoms with E-state index in [1.165, 1.54) is 0 Å². The molecule has 10 aliphatic rings. The minimum atomic E-state index is -5.40. The Morgan fingerprint density at radius 3 is 0.909 bits per heavy atom. The topological polar surface area (TPSA) is 887 Å². The zero-order valence-electron chi connectivity index (χ0n) is 63.6. The van der Waals surface area contributed by atoms with Crippen LogP contribution in [0.25, 0.3) is 0 Å². The number of carbonyl (C=O) groups excluding carboxylic acids is 2. The van der Waals surface area contributed by atoms with Crippen LogP contribution in [0.3, 0.4) is 0 Å². The fourth-order valence-electron chi connectivity index (χ4n) is 15.1. The van der Waals surface area contributed by atoms with E-state index in [1.807, 2.05) is 0 Å². The molecule has 10 rings (SSSR count). The zero-order valence-corrected chi connectivity index (χ0v) is 64.5. The molecule has 10 aliphatic heterocycles. The summed E-state index contributed by atoms with van der Waals surface area (Å²) < 4.78 is 127. The van der Waals surface area contributed by atoms with Crippen molar-refractivity contribution >= 4 is 19.6 Å². The van der Waals surface area contributed by atoms with Gasteiger partial charge in [-0.1, -0.05) is 0 Å². The van der Waals surface area contributed by atoms with E-state index in [0.717, 1.165) is 13.8 Å². The molecule has 0 aromatic rings. The van der Waals surface area contributed by atoms with Crippen LogP contribution in [0.15, 0.2) is 0 Å². The Kier molecular flexibility index (Phi) is 35.8. The molecule has 0 aromatic heterocycles. The number of hydrogen-bond donors (Lipinski definition) is 33. The van der Waals surface area contributed by atoms with E-state index >= 15 is 0 Å². The van der Waals surface area contributed by atoms with Crippen LogP contribution < -0.4 is 10.6 Å². The Labute approximate surface area is 682 Å². The summed E-state index contributed by atoms with van der Waals surface area (Å²) in [6, 6.07) is -3.68. The Bertz CT molecular complexity index is 3250. The lowest BCUT2D eigenvalue weighted by atomic mass is 9.94. The summed E-state index contributed by atoms with van der Waals surface area (Å²) in [5.74, 6) is -1.81. The molecule has 121 heavy (non-hydrogen) atoms. The van der Waals surface area contributed by atoms with Crippen LogP contribution in [-0.2, 0) is 109 Å². The van der Waals surface area contributed by atoms with Crippen LogP contribution >= 0.6 is 7.82 Å². The van der Waals surface area contributed by atoms with Gasteiger partial charge in [0.25, 0.3) is 0 Å². The average Bonchev–Trinajstić information content (AvgIpc) is 0.767. The maximum atomic E-state index is 13.0. The van der Waals surface area contributed by atoms with E-state index in [-0.39, 0.29) is 0 Å². The van der Waals surface area contributed by atoms with Crippen molar-refractivity contribution in [3.8, 4) is 0 Å². The molecular weight excluding hydrogens is 1690 g/mol. The summed E-state index contributed by atoms with van der Waals surface area (Å²) in [7, 11) is -5.40. The minimum Gasteiger partial charge on any atom is -0.394 e. The molecule has 0 aliphatic carbocycles. The standard InChI is InChI=1S/C64H109N2O54P/c1-13(74)65-25-35(84)48(20(8-72)104-55(25)97)114-56-26(66-14(2)75)36(85)49(21(9-73)110-56)115-61-47(96)51(117-64-54(42(91)31(80)19(7-71)109-64)120-60-45(94)39(88)32(81)24(113-60)12-103-121(98,99)100)34(83)23(112-61)10-101-57-46(95)50(116-63-53(41(90)30(79)18(6-70)108-63)119-59-44(93)38(87)28(77)16(4-68)106-59)33(82)22(111-57)11-102-62-52(40(89)29(78)17(5-69)107-62)118-58-43(92)37(86)27(76)15(3-67)105-58/h15-64,67-73,76-97H,3-12H2,1-2H3,(H,65,74)(H,66,75)(H2,98,99,100)/t15-,16-,17-,18-,19-,20-,21-,22-,23-,24-,25-,26-,27-,28-,29-,30-,31-,32-,33-,34-,35-,36-,37+,38+,39+,40+,41+,42+,43+,44+,45+,46+,47+,48-,49-,50+,51+,52+,53+,54+,55-,56+,57+,58-,59-,60-,61+,62+,63-,64-/m1/s1. The van der Waals surface area contributed by atoms with Crippen LogP contribution in [0.2, 0.25) is 0 Å². The molecular formula is C64H109N2O54P. The molecule has 10 fully saturated rings. The van der Waals surface area contributed by atoms with E-state index in [0.29, 0.717) is 0 Å². The molecule has 10 saturated heterocycles. The van der Waals surface area contributed by atoms with Crippen molar-refractivity contribution in [2.45, 2.75) is 321 Å². The highest BCUT2D eigenvalue weighted by molar-refractivity contribution is 7.46. The van der Waals surface area contributed by atoms with Gasteiger partial charge in [0.2, 0.25) is 11.8 Å². The summed E-state index contributed by atoms with van der Waals surface area (Å²) in [6.07, 6.45) is -106. The molecule has 0 saturated carbocycles. The van der Waals surface area contributed by atoms with Crippen LogP contribution in [0.5, 0.6) is 0 Å². The fraction of sp³-hybridized carbons (Fsp3) is 0.969. The monoisotopic (exact) mass is 1800 g/mol. The van der Waals surface area contributed by atoms with Crippen molar-refractivity contribution in [1.29, 1.82) is 0 Å². The van der Waals surface area contributed by atoms with E-state index in [9.17, 15) is 172 Å². The van der Waals surface area contributed by atoms with E-state index in [2.05, 4.69) is 15.2 Å². The molecule has 0 radical (unpaired) electrons. The maximum absolute atomic E-state index is 13.0. The van der Waals surface area contributed by atoms with Crippen LogP contribution in [0.1, 0.15) is 13.8 Å². The summed E-state index contributed by atoms with van der Waals surface area (Å²) >= 11 is 0. The Hall–Kier alpha value is -2.87. The highest BCUT2D eigenvalue weighted by Crippen LogP contribution is 2.42. The van der Waals surface area contributed by atoms with E-state index in [4.69, 9.17) is 90.0 Å². The Morgan fingerprint density at radius 2 is 0.521 bits per heavy atom. The number of phosphoric acid groups is 1. The third-order valence-corrected chi connectivity index (χ3v) is 22.4. The third-order valence-electron chi connectivity index (χ3n) is 21.9. The van der Waals surface area contributed by atoms with Crippen molar-refractivity contribution in [3.05, 3.63) is 0 Å². The molecule has 0 bridgehead atoms. The first-order valence-corrected chi connectivity index (χ1v) is 39.4. The van der Waals surface area contributed by atoms with Gasteiger partial charge >= 0.3 is 7.82 Å². The van der Waals surface area contributed by atoms with Crippen LogP contribution in [0, 0.1) is 0 Å². The number of nitrogens with one attached hydrogen (secondary N) is 2. The molecule has 50 atom stereocenters. The lowest BCUT2D eigenvalue weighted by Gasteiger charge is -2.51. The highest BCUT2D eigenvalue weighted by atomic mass is 31.2. The zero-order chi connectivity index (χ0) is 89.1. The molecule has 2 amide bonds. The predicted molar refractivity (Wildman–Crippen MR) is 364 cm³/mol. The van der Waals surface area contributed by atoms with Crippen LogP contribution in [-0.4, -0.2) is 543 Å². The van der Waals surface area contributed by atoms with Gasteiger partial charge in [-0.2, -0.15) is 0 Å². The molecule has 0 unspecified atom stereocenters. The molecule has 0 spiro atoms. The molecule has 0 aromatic carbocycles. The molecule has 33 N–H and O–H groups in total. The lowest BCUT2D eigenvalue weighted by molar-refractivity contribution is -0.401. The fourth-order valence-corrected chi connectivity index (χ4v) is 15.5. The number of phosphoric ester groups is 1. The second-order valence-electron chi connectivity index (χ2n) is 30.1. The summed E-state index contributed by atoms with van der Waals surface area (Å²) in [6.45, 7) is -9.84. The summed E-state index contributed by atoms with van der Waals surface area (Å²) in [5.41, 5.74) is 0. The second kappa shape index (κ2) is 43.2. The largest absolute Gasteiger partial charge is 0.469 e. The normalized spacial score (nSPS) is 50.3. The van der Waals surface area contributed by atoms with Gasteiger partial charge < -0.3 is 259 Å². The number of aliphatic hydroxyl groups is 29. The van der Waals surface area contributed by atoms with Gasteiger partial charge in [-0.05, 0) is 0 Å². The van der Waals surface area contributed by atoms with Crippen molar-refractivity contribution in [2.24, 2.45) is 0 Å². The maximum Gasteiger partial charge on any atom is 0.469 e. The highest BCUT2D eigenvalue weighted by Gasteiger charge is 2.62. The van der Waals surface area contributed by atoms with Crippen molar-refractivity contribution in [1.82, 2.24) is 10.6 Å². The molecule has 57 heteroatoms. The smallest absolute Gasteiger partial charge is 0.394 e. The van der Waals surface area contributed by atoms with Gasteiger partial charge in [-0.3, -0.25) is 14.1 Å². The van der Waals surface area contributed by atoms with Crippen molar-refractivity contribution in [2.75, 3.05) is 66.1 Å². The summed E-state index contributed by atoms with van der Waals surface area (Å²) in [5, 5.41) is 328. The number of aliphatic hydroxyl groups excluding tert-OH is 29. The first-order valence-electron chi connectivity index (χ1n) is 37.9. The minimum absolute atomic E-state index is 0.818. The number of ether oxygens (including phenoxy) is 19. The molecule has 704 valence electrons. The number of rotatable bonds is 32. The van der Waals surface area contributed by atoms with Gasteiger partial charge in [0.1, 0.15) is 244 Å². The van der Waals surface area contributed by atoms with Gasteiger partial charge in [-0.15, -0.1) is 0 Å². The van der Waals surface area contributed by atoms with E-state index < -0.39 is 393 Å². The lowest BCUT2D eigenvalue weighted by Crippen LogP contribution is -2.70. The van der Waals surface area contributed by atoms with Gasteiger partial charge in [0.15, 0.2) is 62.9 Å². The predicted octanol–water partition coefficient (Wildman–Crippen LogP) is -22.4. The third kappa shape index (κ3) is 22.4. The van der Waals surface area contributed by atoms with Gasteiger partial charge in [0.05, 0.1) is 66.1 Å². The SMILES string of the molecule is CC(=O)N[C@@H]1[C@@H](O)[C@H](O[C@@H]2O[C@H](CO)[C@@H](O[C@@H]3O[C@H](CO[C@H]4O[C@H](CO[C@H]5O[C@H](CO)[C@@H](O)[C@H](O)[C@@H]5O[C@H]5O[C@H](CO)[C@@H](O)[C@H](O)[C@@H]5O)[C@@H](O)[C@H](O[C@H]5O[C@H](CO)[C@@H](O)[C@H](O)[C@@H]5O[C@H]5O[C@H](CO)[C@@H](O)[C@H](O)[C@@H]5O)[C@@H]4O)[C@@H](O)[C@H](O[C@H]4O[C@H](CO)[C@@H](O)[C@H](O)[C@@H]4O[C@H]4O[C@H](COP(=O)(O)O)[C@@H](O)[C@H](O)[C@@H]4O)[C@@H]3O)[C@H](O)[C@H]2NC(C)=O)[C@@H](CO)O[C@H]1O. The molecule has 56 nitrogen and oxygen atoms in total. The van der Waals surface area contributed by atoms with Crippen molar-refractivity contribution < 1.29 is 267 Å². The number of hydrogen-bond acceptors (Lipinski definition) is 52. The Morgan fingerprint density at radius 1 is 0.256 bits per heavy atom. The van der Waals surface area contributed by atoms with Crippen LogP contribution in [0.4, 0.5) is 0 Å². The number of carbonyl (C=O) groups is 2.